The van der Waals surface area contributed by atoms with Gasteiger partial charge in [0, 0.05) is 35.6 Å². The smallest absolute Gasteiger partial charge is 0.272 e. The number of nitrogens with one attached hydrogen (secondary N) is 1. The van der Waals surface area contributed by atoms with Crippen molar-refractivity contribution in [3.63, 3.8) is 0 Å². The van der Waals surface area contributed by atoms with E-state index in [1.807, 2.05) is 0 Å². The Bertz CT molecular complexity index is 871. The molecule has 8 nitrogen and oxygen atoms in total. The molecule has 0 amide bonds. The summed E-state index contributed by atoms with van der Waals surface area (Å²) in [5.41, 5.74) is 5.66. The second kappa shape index (κ2) is 7.99. The molecule has 0 fully saturated rings. The highest BCUT2D eigenvalue weighted by atomic mass is 16.6. The van der Waals surface area contributed by atoms with Crippen molar-refractivity contribution >= 4 is 17.7 Å². The van der Waals surface area contributed by atoms with Crippen LogP contribution in [0.4, 0.5) is 11.5 Å². The summed E-state index contributed by atoms with van der Waals surface area (Å²) in [7, 11) is 1.55. The summed E-state index contributed by atoms with van der Waals surface area (Å²) in [6, 6.07) is 8.68. The van der Waals surface area contributed by atoms with Crippen LogP contribution >= 0.6 is 0 Å². The third-order valence-electron chi connectivity index (χ3n) is 3.45. The predicted octanol–water partition coefficient (Wildman–Crippen LogP) is 3.07. The van der Waals surface area contributed by atoms with Crippen LogP contribution in [0.1, 0.15) is 27.9 Å². The molecule has 0 saturated carbocycles. The molecule has 0 unspecified atom stereocenters. The van der Waals surface area contributed by atoms with E-state index in [2.05, 4.69) is 21.6 Å². The minimum atomic E-state index is -0.437. The number of nitro benzene ring substituents is 1. The first-order chi connectivity index (χ1) is 12.0. The fraction of sp³-hybridized carbons (Fsp3) is 0.235. The molecule has 0 bridgehead atoms. The Labute approximate surface area is 144 Å². The number of pyridine rings is 1. The van der Waals surface area contributed by atoms with E-state index in [1.165, 1.54) is 12.3 Å². The average Bonchev–Trinajstić information content (AvgIpc) is 2.56. The lowest BCUT2D eigenvalue weighted by atomic mass is 10.1. The number of benzene rings is 1. The first-order valence-corrected chi connectivity index (χ1v) is 7.40. The quantitative estimate of drug-likeness (QED) is 0.491. The molecule has 1 aromatic heterocycles. The van der Waals surface area contributed by atoms with Gasteiger partial charge in [0.25, 0.3) is 5.69 Å². The molecule has 2 rings (SSSR count). The van der Waals surface area contributed by atoms with Gasteiger partial charge in [0.15, 0.2) is 5.82 Å². The van der Waals surface area contributed by atoms with Crippen molar-refractivity contribution < 1.29 is 9.66 Å². The number of methoxy groups -OCH3 is 1. The number of nitriles is 1. The van der Waals surface area contributed by atoms with Crippen molar-refractivity contribution in [1.29, 1.82) is 5.26 Å². The minimum absolute atomic E-state index is 0.0257. The van der Waals surface area contributed by atoms with E-state index >= 15 is 0 Å². The molecule has 0 aliphatic heterocycles. The maximum absolute atomic E-state index is 11.0. The van der Waals surface area contributed by atoms with Crippen LogP contribution in [0.2, 0.25) is 0 Å². The topological polar surface area (TPSA) is 113 Å². The number of hydrogen-bond donors (Lipinski definition) is 1. The third-order valence-corrected chi connectivity index (χ3v) is 3.45. The van der Waals surface area contributed by atoms with E-state index in [0.717, 1.165) is 5.69 Å². The van der Waals surface area contributed by atoms with E-state index in [4.69, 9.17) is 4.74 Å². The number of ether oxygens (including phenoxy) is 1. The van der Waals surface area contributed by atoms with Gasteiger partial charge in [-0.05, 0) is 19.9 Å². The number of nitro groups is 1. The third kappa shape index (κ3) is 4.37. The van der Waals surface area contributed by atoms with Gasteiger partial charge in [0.2, 0.25) is 0 Å². The summed E-state index contributed by atoms with van der Waals surface area (Å²) < 4.78 is 5.09. The van der Waals surface area contributed by atoms with Crippen molar-refractivity contribution in [2.45, 2.75) is 20.5 Å². The van der Waals surface area contributed by atoms with Crippen molar-refractivity contribution in [3.8, 4) is 6.07 Å². The normalized spacial score (nSPS) is 10.6. The molecule has 0 aliphatic carbocycles. The SMILES string of the molecule is COCc1cc(C)nc(NN=Cc2ccc(C)c([N+](=O)[O-])c2)c1C#N. The summed E-state index contributed by atoms with van der Waals surface area (Å²) >= 11 is 0. The zero-order chi connectivity index (χ0) is 18.4. The van der Waals surface area contributed by atoms with Crippen LogP contribution in [0.15, 0.2) is 29.4 Å². The van der Waals surface area contributed by atoms with E-state index in [0.29, 0.717) is 28.1 Å². The molecule has 0 aliphatic rings. The first kappa shape index (κ1) is 18.0. The maximum Gasteiger partial charge on any atom is 0.272 e. The summed E-state index contributed by atoms with van der Waals surface area (Å²) in [5.74, 6) is 0.312. The van der Waals surface area contributed by atoms with Gasteiger partial charge in [-0.15, -0.1) is 0 Å². The van der Waals surface area contributed by atoms with Crippen molar-refractivity contribution in [3.05, 3.63) is 62.3 Å². The number of hydrazone groups is 1. The summed E-state index contributed by atoms with van der Waals surface area (Å²) in [5, 5.41) is 24.4. The Morgan fingerprint density at radius 1 is 1.44 bits per heavy atom. The molecular weight excluding hydrogens is 322 g/mol. The Kier molecular flexibility index (Phi) is 5.76. The summed E-state index contributed by atoms with van der Waals surface area (Å²) in [6.45, 7) is 3.76. The van der Waals surface area contributed by atoms with Gasteiger partial charge in [-0.2, -0.15) is 10.4 Å². The van der Waals surface area contributed by atoms with Crippen LogP contribution < -0.4 is 5.43 Å². The first-order valence-electron chi connectivity index (χ1n) is 7.40. The number of hydrogen-bond acceptors (Lipinski definition) is 7. The fourth-order valence-electron chi connectivity index (χ4n) is 2.29. The van der Waals surface area contributed by atoms with Gasteiger partial charge in [0.1, 0.15) is 11.6 Å². The number of rotatable bonds is 6. The zero-order valence-electron chi connectivity index (χ0n) is 14.1. The van der Waals surface area contributed by atoms with Gasteiger partial charge >= 0.3 is 0 Å². The summed E-state index contributed by atoms with van der Waals surface area (Å²) in [4.78, 5) is 14.8. The molecule has 1 heterocycles. The molecular formula is C17H17N5O3. The highest BCUT2D eigenvalue weighted by Gasteiger charge is 2.12. The number of aryl methyl sites for hydroxylation is 2. The Morgan fingerprint density at radius 2 is 2.20 bits per heavy atom. The van der Waals surface area contributed by atoms with E-state index in [1.54, 1.807) is 39.2 Å². The van der Waals surface area contributed by atoms with Crippen LogP contribution in [0.25, 0.3) is 0 Å². The standard InChI is InChI=1S/C17H17N5O3/c1-11-4-5-13(7-16(11)22(23)24)9-19-21-17-15(8-18)14(10-25-3)6-12(2)20-17/h4-7,9H,10H2,1-3H3,(H,20,21). The van der Waals surface area contributed by atoms with Crippen molar-refractivity contribution in [2.75, 3.05) is 12.5 Å². The van der Waals surface area contributed by atoms with Crippen LogP contribution in [0.3, 0.4) is 0 Å². The van der Waals surface area contributed by atoms with Gasteiger partial charge < -0.3 is 4.74 Å². The lowest BCUT2D eigenvalue weighted by molar-refractivity contribution is -0.385. The molecule has 0 saturated heterocycles. The predicted molar refractivity (Wildman–Crippen MR) is 93.5 cm³/mol. The molecule has 0 radical (unpaired) electrons. The highest BCUT2D eigenvalue weighted by Crippen LogP contribution is 2.20. The molecule has 1 aromatic carbocycles. The minimum Gasteiger partial charge on any atom is -0.380 e. The van der Waals surface area contributed by atoms with Crippen molar-refractivity contribution in [1.82, 2.24) is 4.98 Å². The molecule has 0 spiro atoms. The second-order valence-electron chi connectivity index (χ2n) is 5.36. The number of aromatic nitrogens is 1. The summed E-state index contributed by atoms with van der Waals surface area (Å²) in [6.07, 6.45) is 1.44. The molecule has 128 valence electrons. The monoisotopic (exact) mass is 339 g/mol. The largest absolute Gasteiger partial charge is 0.380 e. The number of anilines is 1. The van der Waals surface area contributed by atoms with Gasteiger partial charge in [-0.3, -0.25) is 15.5 Å². The van der Waals surface area contributed by atoms with Gasteiger partial charge in [-0.1, -0.05) is 12.1 Å². The second-order valence-corrected chi connectivity index (χ2v) is 5.36. The zero-order valence-corrected chi connectivity index (χ0v) is 14.1. The van der Waals surface area contributed by atoms with Gasteiger partial charge in [0.05, 0.1) is 17.7 Å². The molecule has 25 heavy (non-hydrogen) atoms. The Hall–Kier alpha value is -3.31. The van der Waals surface area contributed by atoms with Crippen LogP contribution in [0.5, 0.6) is 0 Å². The highest BCUT2D eigenvalue weighted by molar-refractivity contribution is 5.81. The molecule has 0 atom stereocenters. The van der Waals surface area contributed by atoms with Gasteiger partial charge in [-0.25, -0.2) is 4.98 Å². The van der Waals surface area contributed by atoms with E-state index < -0.39 is 4.92 Å². The van der Waals surface area contributed by atoms with E-state index in [9.17, 15) is 15.4 Å². The van der Waals surface area contributed by atoms with Crippen LogP contribution in [-0.4, -0.2) is 23.2 Å². The number of nitrogens with zero attached hydrogens (tertiary/aromatic N) is 4. The van der Waals surface area contributed by atoms with Crippen LogP contribution in [-0.2, 0) is 11.3 Å². The Morgan fingerprint density at radius 3 is 2.84 bits per heavy atom. The average molecular weight is 339 g/mol. The lowest BCUT2D eigenvalue weighted by Gasteiger charge is -2.09. The molecule has 2 aromatic rings. The molecule has 8 heteroatoms. The van der Waals surface area contributed by atoms with E-state index in [-0.39, 0.29) is 12.3 Å². The fourth-order valence-corrected chi connectivity index (χ4v) is 2.29. The van der Waals surface area contributed by atoms with Crippen molar-refractivity contribution in [2.24, 2.45) is 5.10 Å². The molecule has 1 N–H and O–H groups in total. The lowest BCUT2D eigenvalue weighted by Crippen LogP contribution is -2.03. The van der Waals surface area contributed by atoms with Crippen LogP contribution in [0, 0.1) is 35.3 Å². The maximum atomic E-state index is 11.0. The Balaban J connectivity index is 2.27.